The van der Waals surface area contributed by atoms with Gasteiger partial charge in [0.1, 0.15) is 0 Å². The Balaban J connectivity index is 2.84. The summed E-state index contributed by atoms with van der Waals surface area (Å²) < 4.78 is 7.71. The van der Waals surface area contributed by atoms with E-state index in [1.54, 1.807) is 0 Å². The van der Waals surface area contributed by atoms with Gasteiger partial charge in [0.05, 0.1) is 0 Å². The van der Waals surface area contributed by atoms with Crippen LogP contribution in [0.2, 0.25) is 0 Å². The fourth-order valence-electron chi connectivity index (χ4n) is 1.76. The van der Waals surface area contributed by atoms with Crippen LogP contribution in [0, 0.1) is 5.21 Å². The lowest BCUT2D eigenvalue weighted by Gasteiger charge is -2.58. The van der Waals surface area contributed by atoms with E-state index in [0.717, 1.165) is 5.06 Å². The maximum Gasteiger partial charge on any atom is 0.0268 e. The van der Waals surface area contributed by atoms with Gasteiger partial charge in [-0.2, -0.15) is 0 Å². The minimum atomic E-state index is -0.367. The first-order valence-electron chi connectivity index (χ1n) is 4.73. The molecule has 0 aromatic rings. The summed E-state index contributed by atoms with van der Waals surface area (Å²) in [5.41, 5.74) is -0.734. The monoisotopic (exact) mass is 157 g/mol. The van der Waals surface area contributed by atoms with Gasteiger partial charge in [0, 0.05) is 12.4 Å². The van der Waals surface area contributed by atoms with Gasteiger partial charge in [-0.3, -0.25) is 0 Å². The second kappa shape index (κ2) is 2.46. The molecule has 0 unspecified atom stereocenters. The molecule has 0 aliphatic carbocycles. The van der Waals surface area contributed by atoms with Crippen molar-refractivity contribution < 1.29 is 1.37 Å². The molecule has 0 radical (unpaired) electrons. The van der Waals surface area contributed by atoms with Gasteiger partial charge < -0.3 is 10.3 Å². The first kappa shape index (κ1) is 7.56. The molecule has 1 aliphatic heterocycles. The predicted molar refractivity (Wildman–Crippen MR) is 47.2 cm³/mol. The summed E-state index contributed by atoms with van der Waals surface area (Å²) in [7, 11) is 0. The van der Waals surface area contributed by atoms with E-state index in [0.29, 0.717) is 12.8 Å². The van der Waals surface area contributed by atoms with E-state index in [9.17, 15) is 5.21 Å². The Labute approximate surface area is 70.6 Å². The molecule has 2 nitrogen and oxygen atoms in total. The van der Waals surface area contributed by atoms with Crippen molar-refractivity contribution in [1.29, 1.82) is 0 Å². The number of hydrogen-bond donors (Lipinski definition) is 0. The Morgan fingerprint density at radius 1 is 1.18 bits per heavy atom. The molecule has 1 fully saturated rings. The summed E-state index contributed by atoms with van der Waals surface area (Å²) in [6.07, 6.45) is 1.28. The molecule has 11 heavy (non-hydrogen) atoms. The quantitative estimate of drug-likeness (QED) is 0.540. The summed E-state index contributed by atoms with van der Waals surface area (Å²) in [6.45, 7) is 7.68. The molecule has 66 valence electrons. The van der Waals surface area contributed by atoms with Gasteiger partial charge in [0.15, 0.2) is 0 Å². The van der Waals surface area contributed by atoms with E-state index in [4.69, 9.17) is 1.37 Å². The van der Waals surface area contributed by atoms with Gasteiger partial charge >= 0.3 is 0 Å². The fraction of sp³-hybridized carbons (Fsp3) is 1.00. The summed E-state index contributed by atoms with van der Waals surface area (Å²) in [5.74, 6) is 0. The molecule has 1 saturated heterocycles. The van der Waals surface area contributed by atoms with Crippen LogP contribution in [-0.2, 0) is 0 Å². The number of piperidine rings is 1. The molecule has 0 aromatic carbocycles. The van der Waals surface area contributed by atoms with E-state index >= 15 is 0 Å². The first-order chi connectivity index (χ1) is 5.26. The van der Waals surface area contributed by atoms with Crippen LogP contribution >= 0.6 is 0 Å². The Bertz CT molecular complexity index is 161. The van der Waals surface area contributed by atoms with Gasteiger partial charge in [-0.15, -0.1) is 0 Å². The largest absolute Gasteiger partial charge is 0.784 e. The molecular weight excluding hydrogens is 138 g/mol. The lowest BCUT2D eigenvalue weighted by molar-refractivity contribution is 0.0194. The Hall–Kier alpha value is -0.0800. The van der Waals surface area contributed by atoms with E-state index in [1.807, 2.05) is 27.7 Å². The minimum Gasteiger partial charge on any atom is -0.784 e. The van der Waals surface area contributed by atoms with Crippen molar-refractivity contribution in [2.24, 2.45) is 0 Å². The van der Waals surface area contributed by atoms with Crippen molar-refractivity contribution >= 4 is 0 Å². The summed E-state index contributed by atoms with van der Waals surface area (Å²) in [5, 5.41) is 12.9. The molecular formula is C9H18NO-. The zero-order chi connectivity index (χ0) is 9.57. The van der Waals surface area contributed by atoms with Crippen LogP contribution in [0.3, 0.4) is 0 Å². The van der Waals surface area contributed by atoms with Crippen molar-refractivity contribution in [3.05, 3.63) is 5.21 Å². The van der Waals surface area contributed by atoms with Crippen molar-refractivity contribution in [3.8, 4) is 0 Å². The number of hydroxylamine groups is 2. The van der Waals surface area contributed by atoms with Crippen LogP contribution in [0.15, 0.2) is 0 Å². The molecule has 1 rings (SSSR count). The van der Waals surface area contributed by atoms with Crippen molar-refractivity contribution in [2.45, 2.75) is 58.0 Å². The second-order valence-electron chi connectivity index (χ2n) is 4.62. The van der Waals surface area contributed by atoms with Crippen LogP contribution in [0.4, 0.5) is 0 Å². The third-order valence-corrected chi connectivity index (χ3v) is 2.39. The second-order valence-corrected chi connectivity index (χ2v) is 4.62. The molecule has 0 bridgehead atoms. The average Bonchev–Trinajstić information content (AvgIpc) is 1.80. The van der Waals surface area contributed by atoms with Crippen molar-refractivity contribution in [2.75, 3.05) is 0 Å². The van der Waals surface area contributed by atoms with Crippen LogP contribution in [0.25, 0.3) is 0 Å². The maximum atomic E-state index is 11.7. The SMILES string of the molecule is [2H]C1CC(C)(C)N([O-])C(C)(C)C1. The van der Waals surface area contributed by atoms with Crippen LogP contribution in [0.5, 0.6) is 0 Å². The summed E-state index contributed by atoms with van der Waals surface area (Å²) in [6, 6.07) is 0. The van der Waals surface area contributed by atoms with Gasteiger partial charge in [0.25, 0.3) is 0 Å². The van der Waals surface area contributed by atoms with Gasteiger partial charge in [-0.25, -0.2) is 0 Å². The molecule has 0 aromatic heterocycles. The molecule has 2 heteroatoms. The van der Waals surface area contributed by atoms with Crippen LogP contribution in [-0.4, -0.2) is 16.1 Å². The molecule has 0 amide bonds. The first-order valence-corrected chi connectivity index (χ1v) is 4.15. The van der Waals surface area contributed by atoms with Crippen molar-refractivity contribution in [3.63, 3.8) is 0 Å². The highest BCUT2D eigenvalue weighted by molar-refractivity contribution is 4.96. The Morgan fingerprint density at radius 3 is 1.91 bits per heavy atom. The third kappa shape index (κ3) is 1.57. The fourth-order valence-corrected chi connectivity index (χ4v) is 1.76. The zero-order valence-corrected chi connectivity index (χ0v) is 7.85. The maximum absolute atomic E-state index is 11.7. The Morgan fingerprint density at radius 2 is 1.55 bits per heavy atom. The molecule has 1 aliphatic rings. The normalized spacial score (nSPS) is 33.4. The van der Waals surface area contributed by atoms with Gasteiger partial charge in [-0.1, -0.05) is 0 Å². The van der Waals surface area contributed by atoms with E-state index in [-0.39, 0.29) is 17.5 Å². The highest BCUT2D eigenvalue weighted by Crippen LogP contribution is 2.36. The topological polar surface area (TPSA) is 26.3 Å². The predicted octanol–water partition coefficient (Wildman–Crippen LogP) is 2.53. The molecule has 0 saturated carbocycles. The third-order valence-electron chi connectivity index (χ3n) is 2.39. The smallest absolute Gasteiger partial charge is 0.0268 e. The standard InChI is InChI=1S/C9H18NO/c1-8(2)6-5-7-9(3,4)10(8)11/h5-7H2,1-4H3/q-1/i5D. The lowest BCUT2D eigenvalue weighted by atomic mass is 9.82. The zero-order valence-electron chi connectivity index (χ0n) is 8.85. The number of nitrogens with zero attached hydrogens (tertiary/aromatic N) is 1. The number of hydrogen-bond acceptors (Lipinski definition) is 2. The van der Waals surface area contributed by atoms with Crippen molar-refractivity contribution in [1.82, 2.24) is 5.06 Å². The van der Waals surface area contributed by atoms with E-state index in [2.05, 4.69) is 0 Å². The number of rotatable bonds is 0. The molecule has 0 spiro atoms. The molecule has 0 atom stereocenters. The minimum absolute atomic E-state index is 0.0831. The highest BCUT2D eigenvalue weighted by Gasteiger charge is 2.34. The van der Waals surface area contributed by atoms with Crippen LogP contribution < -0.4 is 0 Å². The highest BCUT2D eigenvalue weighted by atomic mass is 16.5. The Kier molecular flexibility index (Phi) is 1.69. The van der Waals surface area contributed by atoms with Gasteiger partial charge in [-0.05, 0) is 46.9 Å². The molecule has 1 heterocycles. The summed E-state index contributed by atoms with van der Waals surface area (Å²) in [4.78, 5) is 0. The average molecular weight is 157 g/mol. The summed E-state index contributed by atoms with van der Waals surface area (Å²) >= 11 is 0. The van der Waals surface area contributed by atoms with E-state index < -0.39 is 0 Å². The lowest BCUT2D eigenvalue weighted by Crippen LogP contribution is -2.55. The van der Waals surface area contributed by atoms with Crippen LogP contribution in [0.1, 0.15) is 48.3 Å². The van der Waals surface area contributed by atoms with Gasteiger partial charge in [0.2, 0.25) is 0 Å². The van der Waals surface area contributed by atoms with E-state index in [1.165, 1.54) is 0 Å². The molecule has 0 N–H and O–H groups in total.